The Balaban J connectivity index is 2.16. The third-order valence-electron chi connectivity index (χ3n) is 2.87. The SMILES string of the molecule is CC(C)Oc1ccnc(N2CCOCC2CC(=O)O)n1. The van der Waals surface area contributed by atoms with E-state index in [4.69, 9.17) is 14.6 Å². The molecule has 0 saturated carbocycles. The summed E-state index contributed by atoms with van der Waals surface area (Å²) in [6, 6.07) is 1.44. The summed E-state index contributed by atoms with van der Waals surface area (Å²) >= 11 is 0. The van der Waals surface area contributed by atoms with Gasteiger partial charge in [-0.05, 0) is 13.8 Å². The molecule has 1 aliphatic rings. The third kappa shape index (κ3) is 3.80. The molecule has 2 heterocycles. The number of morpholine rings is 1. The van der Waals surface area contributed by atoms with Gasteiger partial charge >= 0.3 is 5.97 Å². The van der Waals surface area contributed by atoms with Gasteiger partial charge < -0.3 is 19.5 Å². The lowest BCUT2D eigenvalue weighted by Crippen LogP contribution is -2.47. The first-order valence-electron chi connectivity index (χ1n) is 6.62. The van der Waals surface area contributed by atoms with E-state index in [1.54, 1.807) is 12.3 Å². The molecule has 20 heavy (non-hydrogen) atoms. The number of hydrogen-bond acceptors (Lipinski definition) is 6. The molecule has 1 aromatic heterocycles. The van der Waals surface area contributed by atoms with Crippen molar-refractivity contribution in [1.82, 2.24) is 9.97 Å². The number of carbonyl (C=O) groups is 1. The van der Waals surface area contributed by atoms with Crippen molar-refractivity contribution < 1.29 is 19.4 Å². The zero-order valence-electron chi connectivity index (χ0n) is 11.7. The van der Waals surface area contributed by atoms with Gasteiger partial charge in [0.25, 0.3) is 0 Å². The summed E-state index contributed by atoms with van der Waals surface area (Å²) in [4.78, 5) is 21.3. The van der Waals surface area contributed by atoms with E-state index in [0.717, 1.165) is 0 Å². The highest BCUT2D eigenvalue weighted by Gasteiger charge is 2.27. The van der Waals surface area contributed by atoms with Crippen LogP contribution in [0.1, 0.15) is 20.3 Å². The molecular formula is C13H19N3O4. The van der Waals surface area contributed by atoms with Crippen molar-refractivity contribution in [3.63, 3.8) is 0 Å². The highest BCUT2D eigenvalue weighted by atomic mass is 16.5. The molecule has 1 aromatic rings. The van der Waals surface area contributed by atoms with Gasteiger partial charge in [0, 0.05) is 18.8 Å². The highest BCUT2D eigenvalue weighted by molar-refractivity contribution is 5.68. The van der Waals surface area contributed by atoms with E-state index in [2.05, 4.69) is 9.97 Å². The minimum Gasteiger partial charge on any atom is -0.481 e. The first kappa shape index (κ1) is 14.5. The van der Waals surface area contributed by atoms with E-state index in [0.29, 0.717) is 31.6 Å². The zero-order chi connectivity index (χ0) is 14.5. The molecule has 0 spiro atoms. The fraction of sp³-hybridized carbons (Fsp3) is 0.615. The summed E-state index contributed by atoms with van der Waals surface area (Å²) < 4.78 is 10.9. The second-order valence-corrected chi connectivity index (χ2v) is 4.88. The first-order valence-corrected chi connectivity index (χ1v) is 6.62. The van der Waals surface area contributed by atoms with Gasteiger partial charge in [-0.1, -0.05) is 0 Å². The molecular weight excluding hydrogens is 262 g/mol. The van der Waals surface area contributed by atoms with Crippen molar-refractivity contribution in [2.24, 2.45) is 0 Å². The standard InChI is InChI=1S/C13H19N3O4/c1-9(2)20-11-3-4-14-13(15-11)16-5-6-19-8-10(16)7-12(17)18/h3-4,9-10H,5-8H2,1-2H3,(H,17,18). The van der Waals surface area contributed by atoms with Crippen LogP contribution in [0.4, 0.5) is 5.95 Å². The number of aromatic nitrogens is 2. The predicted molar refractivity (Wildman–Crippen MR) is 72.0 cm³/mol. The van der Waals surface area contributed by atoms with Gasteiger partial charge in [-0.15, -0.1) is 0 Å². The largest absolute Gasteiger partial charge is 0.481 e. The maximum absolute atomic E-state index is 10.9. The second-order valence-electron chi connectivity index (χ2n) is 4.88. The summed E-state index contributed by atoms with van der Waals surface area (Å²) in [5.41, 5.74) is 0. The molecule has 110 valence electrons. The van der Waals surface area contributed by atoms with Crippen LogP contribution in [0.15, 0.2) is 12.3 Å². The van der Waals surface area contributed by atoms with Gasteiger partial charge in [0.1, 0.15) is 0 Å². The molecule has 1 atom stereocenters. The predicted octanol–water partition coefficient (Wildman–Crippen LogP) is 0.944. The van der Waals surface area contributed by atoms with E-state index < -0.39 is 5.97 Å². The Kier molecular flexibility index (Phi) is 4.73. The van der Waals surface area contributed by atoms with Crippen LogP contribution in [0.2, 0.25) is 0 Å². The van der Waals surface area contributed by atoms with E-state index >= 15 is 0 Å². The van der Waals surface area contributed by atoms with Crippen LogP contribution in [-0.2, 0) is 9.53 Å². The molecule has 0 bridgehead atoms. The van der Waals surface area contributed by atoms with Crippen molar-refractivity contribution >= 4 is 11.9 Å². The summed E-state index contributed by atoms with van der Waals surface area (Å²) in [5, 5.41) is 8.96. The van der Waals surface area contributed by atoms with Gasteiger partial charge in [-0.2, -0.15) is 4.98 Å². The molecule has 0 aliphatic carbocycles. The third-order valence-corrected chi connectivity index (χ3v) is 2.87. The smallest absolute Gasteiger partial charge is 0.305 e. The Morgan fingerprint density at radius 3 is 3.15 bits per heavy atom. The topological polar surface area (TPSA) is 84.8 Å². The zero-order valence-corrected chi connectivity index (χ0v) is 11.7. The molecule has 1 saturated heterocycles. The van der Waals surface area contributed by atoms with Gasteiger partial charge in [-0.25, -0.2) is 4.98 Å². The molecule has 7 heteroatoms. The maximum Gasteiger partial charge on any atom is 0.305 e. The number of aliphatic carboxylic acids is 1. The van der Waals surface area contributed by atoms with E-state index in [9.17, 15) is 4.79 Å². The first-order chi connectivity index (χ1) is 9.56. The number of carboxylic acid groups (broad SMARTS) is 1. The molecule has 1 fully saturated rings. The van der Waals surface area contributed by atoms with Crippen LogP contribution in [-0.4, -0.2) is 52.9 Å². The lowest BCUT2D eigenvalue weighted by molar-refractivity contribution is -0.138. The number of ether oxygens (including phenoxy) is 2. The normalized spacial score (nSPS) is 19.1. The summed E-state index contributed by atoms with van der Waals surface area (Å²) in [5.74, 6) is 0.114. The number of anilines is 1. The fourth-order valence-electron chi connectivity index (χ4n) is 2.07. The molecule has 0 radical (unpaired) electrons. The Morgan fingerprint density at radius 2 is 2.45 bits per heavy atom. The minimum absolute atomic E-state index is 0.00136. The highest BCUT2D eigenvalue weighted by Crippen LogP contribution is 2.20. The maximum atomic E-state index is 10.9. The molecule has 0 aromatic carbocycles. The summed E-state index contributed by atoms with van der Waals surface area (Å²) in [7, 11) is 0. The Labute approximate surface area is 117 Å². The molecule has 2 rings (SSSR count). The van der Waals surface area contributed by atoms with E-state index in [1.807, 2.05) is 18.7 Å². The van der Waals surface area contributed by atoms with Crippen LogP contribution in [0.5, 0.6) is 5.88 Å². The molecule has 7 nitrogen and oxygen atoms in total. The average molecular weight is 281 g/mol. The van der Waals surface area contributed by atoms with Crippen molar-refractivity contribution in [3.05, 3.63) is 12.3 Å². The Hall–Kier alpha value is -1.89. The molecule has 0 amide bonds. The fourth-order valence-corrected chi connectivity index (χ4v) is 2.07. The minimum atomic E-state index is -0.861. The summed E-state index contributed by atoms with van der Waals surface area (Å²) in [6.07, 6.45) is 1.64. The average Bonchev–Trinajstić information content (AvgIpc) is 2.38. The Bertz CT molecular complexity index is 467. The van der Waals surface area contributed by atoms with E-state index in [-0.39, 0.29) is 18.6 Å². The van der Waals surface area contributed by atoms with Crippen LogP contribution >= 0.6 is 0 Å². The van der Waals surface area contributed by atoms with Gasteiger partial charge in [0.2, 0.25) is 11.8 Å². The Morgan fingerprint density at radius 1 is 1.65 bits per heavy atom. The second kappa shape index (κ2) is 6.51. The van der Waals surface area contributed by atoms with Crippen molar-refractivity contribution in [3.8, 4) is 5.88 Å². The van der Waals surface area contributed by atoms with Crippen LogP contribution in [0.25, 0.3) is 0 Å². The van der Waals surface area contributed by atoms with Crippen LogP contribution < -0.4 is 9.64 Å². The number of hydrogen-bond donors (Lipinski definition) is 1. The number of nitrogens with zero attached hydrogens (tertiary/aromatic N) is 3. The lowest BCUT2D eigenvalue weighted by atomic mass is 10.1. The van der Waals surface area contributed by atoms with Crippen molar-refractivity contribution in [2.75, 3.05) is 24.7 Å². The van der Waals surface area contributed by atoms with Crippen molar-refractivity contribution in [1.29, 1.82) is 0 Å². The van der Waals surface area contributed by atoms with Gasteiger partial charge in [0.15, 0.2) is 0 Å². The van der Waals surface area contributed by atoms with Crippen LogP contribution in [0.3, 0.4) is 0 Å². The van der Waals surface area contributed by atoms with E-state index in [1.165, 1.54) is 0 Å². The quantitative estimate of drug-likeness (QED) is 0.859. The van der Waals surface area contributed by atoms with Gasteiger partial charge in [0.05, 0.1) is 31.8 Å². The van der Waals surface area contributed by atoms with Crippen molar-refractivity contribution in [2.45, 2.75) is 32.4 Å². The summed E-state index contributed by atoms with van der Waals surface area (Å²) in [6.45, 7) is 5.32. The molecule has 1 unspecified atom stereocenters. The number of carboxylic acids is 1. The lowest BCUT2D eigenvalue weighted by Gasteiger charge is -2.34. The molecule has 1 aliphatic heterocycles. The molecule has 1 N–H and O–H groups in total. The monoisotopic (exact) mass is 281 g/mol. The van der Waals surface area contributed by atoms with Crippen LogP contribution in [0, 0.1) is 0 Å². The number of rotatable bonds is 5. The van der Waals surface area contributed by atoms with Gasteiger partial charge in [-0.3, -0.25) is 4.79 Å².